The third kappa shape index (κ3) is 1.92. The fraction of sp³-hybridized carbons (Fsp3) is 0.167. The van der Waals surface area contributed by atoms with Gasteiger partial charge in [-0.15, -0.1) is 0 Å². The van der Waals surface area contributed by atoms with E-state index in [0.29, 0.717) is 27.7 Å². The number of aromatic amines is 1. The van der Waals surface area contributed by atoms with E-state index in [-0.39, 0.29) is 11.0 Å². The number of H-pyrrole nitrogens is 1. The molecule has 2 aromatic rings. The minimum Gasteiger partial charge on any atom is -0.492 e. The highest BCUT2D eigenvalue weighted by molar-refractivity contribution is 9.10. The number of nitriles is 1. The predicted octanol–water partition coefficient (Wildman–Crippen LogP) is 2.56. The molecule has 0 atom stereocenters. The Hall–Kier alpha value is -1.80. The normalized spacial score (nSPS) is 10.2. The molecule has 2 rings (SSSR count). The third-order valence-electron chi connectivity index (χ3n) is 2.37. The number of nitrogens with zero attached hydrogens (tertiary/aromatic N) is 1. The van der Waals surface area contributed by atoms with Crippen LogP contribution in [0.15, 0.2) is 27.6 Å². The smallest absolute Gasteiger partial charge is 0.208 e. The molecule has 0 fully saturated rings. The number of halogens is 1. The Kier molecular flexibility index (Phi) is 3.16. The van der Waals surface area contributed by atoms with Crippen LogP contribution in [0.2, 0.25) is 0 Å². The molecule has 1 heterocycles. The number of benzene rings is 1. The van der Waals surface area contributed by atoms with Gasteiger partial charge in [-0.1, -0.05) is 0 Å². The molecule has 4 nitrogen and oxygen atoms in total. The molecule has 0 aliphatic rings. The maximum atomic E-state index is 12.0. The molecule has 0 radical (unpaired) electrons. The van der Waals surface area contributed by atoms with Crippen molar-refractivity contribution in [3.05, 3.63) is 38.6 Å². The van der Waals surface area contributed by atoms with E-state index in [1.807, 2.05) is 13.0 Å². The first kappa shape index (κ1) is 11.7. The van der Waals surface area contributed by atoms with Crippen molar-refractivity contribution in [2.45, 2.75) is 6.92 Å². The second-order valence-electron chi connectivity index (χ2n) is 3.37. The van der Waals surface area contributed by atoms with Crippen molar-refractivity contribution < 1.29 is 4.74 Å². The van der Waals surface area contributed by atoms with Gasteiger partial charge in [-0.05, 0) is 35.0 Å². The highest BCUT2D eigenvalue weighted by Crippen LogP contribution is 2.28. The highest BCUT2D eigenvalue weighted by atomic mass is 79.9. The summed E-state index contributed by atoms with van der Waals surface area (Å²) < 4.78 is 6.08. The number of rotatable bonds is 2. The highest BCUT2D eigenvalue weighted by Gasteiger charge is 2.11. The van der Waals surface area contributed by atoms with Crippen LogP contribution in [0.5, 0.6) is 5.75 Å². The molecule has 0 saturated carbocycles. The Morgan fingerprint density at radius 2 is 2.29 bits per heavy atom. The van der Waals surface area contributed by atoms with Crippen LogP contribution >= 0.6 is 15.9 Å². The van der Waals surface area contributed by atoms with E-state index < -0.39 is 0 Å². The second kappa shape index (κ2) is 4.60. The SMILES string of the molecule is CCOc1ccc(Br)c2c(=O)c(C#N)c[nH]c12. The minimum atomic E-state index is -0.297. The van der Waals surface area contributed by atoms with E-state index in [1.165, 1.54) is 6.20 Å². The van der Waals surface area contributed by atoms with Gasteiger partial charge in [0.25, 0.3) is 0 Å². The van der Waals surface area contributed by atoms with E-state index in [1.54, 1.807) is 12.1 Å². The number of pyridine rings is 1. The van der Waals surface area contributed by atoms with Crippen molar-refractivity contribution >= 4 is 26.8 Å². The lowest BCUT2D eigenvalue weighted by molar-refractivity contribution is 0.343. The molecule has 0 amide bonds. The quantitative estimate of drug-likeness (QED) is 0.925. The number of fused-ring (bicyclic) bond motifs is 1. The Bertz CT molecular complexity index is 670. The molecule has 86 valence electrons. The van der Waals surface area contributed by atoms with Gasteiger partial charge in [0.15, 0.2) is 0 Å². The Balaban J connectivity index is 2.88. The number of hydrogen-bond acceptors (Lipinski definition) is 3. The molecule has 0 saturated heterocycles. The van der Waals surface area contributed by atoms with E-state index in [0.717, 1.165) is 0 Å². The summed E-state index contributed by atoms with van der Waals surface area (Å²) in [5, 5.41) is 9.26. The fourth-order valence-corrected chi connectivity index (χ4v) is 2.14. The Morgan fingerprint density at radius 1 is 1.53 bits per heavy atom. The lowest BCUT2D eigenvalue weighted by Crippen LogP contribution is -2.08. The first-order valence-electron chi connectivity index (χ1n) is 5.05. The Morgan fingerprint density at radius 3 is 2.94 bits per heavy atom. The van der Waals surface area contributed by atoms with Crippen LogP contribution in [0.25, 0.3) is 10.9 Å². The third-order valence-corrected chi connectivity index (χ3v) is 3.03. The number of hydrogen-bond donors (Lipinski definition) is 1. The van der Waals surface area contributed by atoms with Crippen molar-refractivity contribution in [3.63, 3.8) is 0 Å². The van der Waals surface area contributed by atoms with Crippen LogP contribution in [-0.4, -0.2) is 11.6 Å². The first-order valence-corrected chi connectivity index (χ1v) is 5.85. The van der Waals surface area contributed by atoms with Crippen molar-refractivity contribution in [1.29, 1.82) is 5.26 Å². The molecule has 0 bridgehead atoms. The topological polar surface area (TPSA) is 65.9 Å². The maximum absolute atomic E-state index is 12.0. The largest absolute Gasteiger partial charge is 0.492 e. The van der Waals surface area contributed by atoms with Gasteiger partial charge in [-0.25, -0.2) is 0 Å². The maximum Gasteiger partial charge on any atom is 0.208 e. The van der Waals surface area contributed by atoms with Crippen LogP contribution < -0.4 is 10.2 Å². The minimum absolute atomic E-state index is 0.0897. The zero-order valence-electron chi connectivity index (χ0n) is 9.08. The molecule has 0 aliphatic heterocycles. The van der Waals surface area contributed by atoms with Gasteiger partial charge >= 0.3 is 0 Å². The lowest BCUT2D eigenvalue weighted by Gasteiger charge is -2.08. The van der Waals surface area contributed by atoms with Crippen molar-refractivity contribution in [3.8, 4) is 11.8 Å². The molecule has 0 aliphatic carbocycles. The fourth-order valence-electron chi connectivity index (χ4n) is 1.63. The van der Waals surface area contributed by atoms with Gasteiger partial charge in [0.1, 0.15) is 17.4 Å². The van der Waals surface area contributed by atoms with Gasteiger partial charge in [-0.2, -0.15) is 5.26 Å². The molecular formula is C12H9BrN2O2. The summed E-state index contributed by atoms with van der Waals surface area (Å²) in [6, 6.07) is 5.38. The molecule has 1 aromatic carbocycles. The number of aromatic nitrogens is 1. The summed E-state index contributed by atoms with van der Waals surface area (Å²) in [7, 11) is 0. The van der Waals surface area contributed by atoms with Crippen LogP contribution in [0.3, 0.4) is 0 Å². The molecule has 0 spiro atoms. The zero-order valence-corrected chi connectivity index (χ0v) is 10.7. The summed E-state index contributed by atoms with van der Waals surface area (Å²) in [6.07, 6.45) is 1.40. The average molecular weight is 293 g/mol. The van der Waals surface area contributed by atoms with Crippen LogP contribution in [-0.2, 0) is 0 Å². The Labute approximate surface area is 106 Å². The van der Waals surface area contributed by atoms with Gasteiger partial charge in [-0.3, -0.25) is 4.79 Å². The van der Waals surface area contributed by atoms with Crippen molar-refractivity contribution in [2.75, 3.05) is 6.61 Å². The summed E-state index contributed by atoms with van der Waals surface area (Å²) in [4.78, 5) is 14.9. The predicted molar refractivity (Wildman–Crippen MR) is 68.2 cm³/mol. The number of ether oxygens (including phenoxy) is 1. The van der Waals surface area contributed by atoms with Crippen molar-refractivity contribution in [1.82, 2.24) is 4.98 Å². The molecular weight excluding hydrogens is 284 g/mol. The van der Waals surface area contributed by atoms with Gasteiger partial charge in [0, 0.05) is 10.7 Å². The van der Waals surface area contributed by atoms with Crippen LogP contribution in [0.4, 0.5) is 0 Å². The second-order valence-corrected chi connectivity index (χ2v) is 4.23. The molecule has 1 aromatic heterocycles. The summed E-state index contributed by atoms with van der Waals surface area (Å²) >= 11 is 3.31. The molecule has 0 unspecified atom stereocenters. The van der Waals surface area contributed by atoms with E-state index in [9.17, 15) is 4.79 Å². The van der Waals surface area contributed by atoms with E-state index in [2.05, 4.69) is 20.9 Å². The number of nitrogens with one attached hydrogen (secondary N) is 1. The van der Waals surface area contributed by atoms with Gasteiger partial charge < -0.3 is 9.72 Å². The standard InChI is InChI=1S/C12H9BrN2O2/c1-2-17-9-4-3-8(13)10-11(9)15-6-7(5-14)12(10)16/h3-4,6H,2H2,1H3,(H,15,16). The average Bonchev–Trinajstić information content (AvgIpc) is 2.33. The van der Waals surface area contributed by atoms with Crippen molar-refractivity contribution in [2.24, 2.45) is 0 Å². The monoisotopic (exact) mass is 292 g/mol. The molecule has 1 N–H and O–H groups in total. The summed E-state index contributed by atoms with van der Waals surface area (Å²) in [5.41, 5.74) is 0.395. The van der Waals surface area contributed by atoms with Gasteiger partial charge in [0.2, 0.25) is 5.43 Å². The molecule has 5 heteroatoms. The van der Waals surface area contributed by atoms with E-state index in [4.69, 9.17) is 10.00 Å². The summed E-state index contributed by atoms with van der Waals surface area (Å²) in [5.74, 6) is 0.604. The molecule has 17 heavy (non-hydrogen) atoms. The van der Waals surface area contributed by atoms with Crippen LogP contribution in [0.1, 0.15) is 12.5 Å². The first-order chi connectivity index (χ1) is 8.19. The van der Waals surface area contributed by atoms with Gasteiger partial charge in [0.05, 0.1) is 17.5 Å². The lowest BCUT2D eigenvalue weighted by atomic mass is 10.1. The zero-order chi connectivity index (χ0) is 12.4. The summed E-state index contributed by atoms with van der Waals surface area (Å²) in [6.45, 7) is 2.38. The van der Waals surface area contributed by atoms with Crippen LogP contribution in [0, 0.1) is 11.3 Å². The van der Waals surface area contributed by atoms with E-state index >= 15 is 0 Å².